The van der Waals surface area contributed by atoms with E-state index < -0.39 is 0 Å². The third-order valence-corrected chi connectivity index (χ3v) is 5.62. The van der Waals surface area contributed by atoms with Crippen LogP contribution in [0.4, 0.5) is 11.4 Å². The van der Waals surface area contributed by atoms with Gasteiger partial charge in [-0.3, -0.25) is 0 Å². The molecule has 3 aromatic rings. The molecule has 0 unspecified atom stereocenters. The summed E-state index contributed by atoms with van der Waals surface area (Å²) in [6.07, 6.45) is 0. The SMILES string of the molecule is COC(=O)c1ccc(N2CCN(c3ccc(OCc4ccccc4)c(C#N)c3)CC2)cc1. The normalized spacial score (nSPS) is 13.4. The highest BCUT2D eigenvalue weighted by atomic mass is 16.5. The number of carbonyl (C=O) groups excluding carboxylic acids is 1. The van der Waals surface area contributed by atoms with Crippen molar-refractivity contribution in [3.8, 4) is 11.8 Å². The van der Waals surface area contributed by atoms with Crippen molar-refractivity contribution in [2.24, 2.45) is 0 Å². The van der Waals surface area contributed by atoms with Crippen LogP contribution in [0.2, 0.25) is 0 Å². The Kier molecular flexibility index (Phi) is 6.57. The summed E-state index contributed by atoms with van der Waals surface area (Å²) in [5.41, 5.74) is 4.26. The quantitative estimate of drug-likeness (QED) is 0.548. The number of nitrogens with zero attached hydrogens (tertiary/aromatic N) is 3. The topological polar surface area (TPSA) is 65.8 Å². The van der Waals surface area contributed by atoms with E-state index in [2.05, 4.69) is 15.9 Å². The van der Waals surface area contributed by atoms with Crippen LogP contribution >= 0.6 is 0 Å². The minimum Gasteiger partial charge on any atom is -0.488 e. The van der Waals surface area contributed by atoms with Crippen LogP contribution in [0.5, 0.6) is 5.75 Å². The first kappa shape index (κ1) is 21.3. The fourth-order valence-electron chi connectivity index (χ4n) is 3.81. The number of methoxy groups -OCH3 is 1. The fraction of sp³-hybridized carbons (Fsp3) is 0.231. The molecule has 1 heterocycles. The minimum absolute atomic E-state index is 0.328. The summed E-state index contributed by atoms with van der Waals surface area (Å²) in [5.74, 6) is 0.273. The summed E-state index contributed by atoms with van der Waals surface area (Å²) in [5, 5.41) is 9.62. The van der Waals surface area contributed by atoms with Crippen LogP contribution in [0, 0.1) is 11.3 Å². The Morgan fingerprint density at radius 1 is 0.906 bits per heavy atom. The van der Waals surface area contributed by atoms with Crippen molar-refractivity contribution in [2.45, 2.75) is 6.61 Å². The van der Waals surface area contributed by atoms with Crippen molar-refractivity contribution in [3.05, 3.63) is 89.5 Å². The van der Waals surface area contributed by atoms with Crippen LogP contribution in [-0.4, -0.2) is 39.3 Å². The van der Waals surface area contributed by atoms with Crippen molar-refractivity contribution < 1.29 is 14.3 Å². The molecule has 0 aliphatic carbocycles. The molecule has 1 saturated heterocycles. The van der Waals surface area contributed by atoms with E-state index in [1.54, 1.807) is 12.1 Å². The number of nitriles is 1. The first-order chi connectivity index (χ1) is 15.7. The molecule has 6 nitrogen and oxygen atoms in total. The summed E-state index contributed by atoms with van der Waals surface area (Å²) in [6.45, 7) is 3.82. The molecular weight excluding hydrogens is 402 g/mol. The second-order valence-corrected chi connectivity index (χ2v) is 7.58. The van der Waals surface area contributed by atoms with E-state index in [1.165, 1.54) is 7.11 Å². The Hall–Kier alpha value is -3.98. The zero-order chi connectivity index (χ0) is 22.3. The third kappa shape index (κ3) is 4.84. The molecule has 0 bridgehead atoms. The van der Waals surface area contributed by atoms with Crippen molar-refractivity contribution in [1.29, 1.82) is 5.26 Å². The van der Waals surface area contributed by atoms with Crippen LogP contribution in [0.3, 0.4) is 0 Å². The van der Waals surface area contributed by atoms with E-state index in [0.717, 1.165) is 43.1 Å². The molecule has 32 heavy (non-hydrogen) atoms. The van der Waals surface area contributed by atoms with Gasteiger partial charge in [0.1, 0.15) is 18.4 Å². The molecule has 0 amide bonds. The number of esters is 1. The summed E-state index contributed by atoms with van der Waals surface area (Å²) < 4.78 is 10.6. The largest absolute Gasteiger partial charge is 0.488 e. The van der Waals surface area contributed by atoms with Crippen molar-refractivity contribution in [3.63, 3.8) is 0 Å². The summed E-state index contributed by atoms with van der Waals surface area (Å²) in [7, 11) is 1.38. The first-order valence-electron chi connectivity index (χ1n) is 10.6. The van der Waals surface area contributed by atoms with E-state index in [1.807, 2.05) is 60.7 Å². The van der Waals surface area contributed by atoms with Gasteiger partial charge in [0, 0.05) is 37.6 Å². The monoisotopic (exact) mass is 427 g/mol. The Labute approximate surface area is 188 Å². The van der Waals surface area contributed by atoms with Crippen molar-refractivity contribution >= 4 is 17.3 Å². The molecule has 1 aliphatic rings. The molecule has 1 aliphatic heterocycles. The molecule has 0 N–H and O–H groups in total. The van der Waals surface area contributed by atoms with E-state index in [-0.39, 0.29) is 5.97 Å². The number of hydrogen-bond donors (Lipinski definition) is 0. The average Bonchev–Trinajstić information content (AvgIpc) is 2.87. The predicted molar refractivity (Wildman–Crippen MR) is 124 cm³/mol. The highest BCUT2D eigenvalue weighted by molar-refractivity contribution is 5.89. The zero-order valence-corrected chi connectivity index (χ0v) is 18.0. The maximum absolute atomic E-state index is 11.6. The van der Waals surface area contributed by atoms with Gasteiger partial charge in [-0.05, 0) is 48.0 Å². The first-order valence-corrected chi connectivity index (χ1v) is 10.6. The molecule has 4 rings (SSSR count). The molecule has 3 aromatic carbocycles. The van der Waals surface area contributed by atoms with Gasteiger partial charge in [0.05, 0.1) is 18.2 Å². The number of rotatable bonds is 6. The van der Waals surface area contributed by atoms with E-state index in [0.29, 0.717) is 23.5 Å². The number of piperazine rings is 1. The van der Waals surface area contributed by atoms with Gasteiger partial charge in [-0.1, -0.05) is 30.3 Å². The highest BCUT2D eigenvalue weighted by Gasteiger charge is 2.19. The molecular formula is C26H25N3O3. The lowest BCUT2D eigenvalue weighted by Gasteiger charge is -2.37. The molecule has 0 saturated carbocycles. The Morgan fingerprint density at radius 3 is 2.16 bits per heavy atom. The number of ether oxygens (including phenoxy) is 2. The second kappa shape index (κ2) is 9.88. The van der Waals surface area contributed by atoms with Gasteiger partial charge < -0.3 is 19.3 Å². The predicted octanol–water partition coefficient (Wildman–Crippen LogP) is 4.25. The average molecular weight is 428 g/mol. The van der Waals surface area contributed by atoms with E-state index >= 15 is 0 Å². The van der Waals surface area contributed by atoms with Gasteiger partial charge in [-0.2, -0.15) is 5.26 Å². The smallest absolute Gasteiger partial charge is 0.337 e. The van der Waals surface area contributed by atoms with Crippen LogP contribution in [0.1, 0.15) is 21.5 Å². The number of hydrogen-bond acceptors (Lipinski definition) is 6. The standard InChI is InChI=1S/C26H25N3O3/c1-31-26(30)21-7-9-23(10-8-21)28-13-15-29(16-14-28)24-11-12-25(22(17-24)18-27)32-19-20-5-3-2-4-6-20/h2-12,17H,13-16,19H2,1H3. The van der Waals surface area contributed by atoms with Gasteiger partial charge in [0.25, 0.3) is 0 Å². The molecule has 0 atom stereocenters. The number of carbonyl (C=O) groups is 1. The Bertz CT molecular complexity index is 1100. The molecule has 162 valence electrons. The van der Waals surface area contributed by atoms with Crippen LogP contribution in [0.15, 0.2) is 72.8 Å². The maximum Gasteiger partial charge on any atom is 0.337 e. The highest BCUT2D eigenvalue weighted by Crippen LogP contribution is 2.27. The summed E-state index contributed by atoms with van der Waals surface area (Å²) >= 11 is 0. The Balaban J connectivity index is 1.38. The summed E-state index contributed by atoms with van der Waals surface area (Å²) in [4.78, 5) is 16.2. The lowest BCUT2D eigenvalue weighted by atomic mass is 10.1. The lowest BCUT2D eigenvalue weighted by molar-refractivity contribution is 0.0600. The fourth-order valence-corrected chi connectivity index (χ4v) is 3.81. The van der Waals surface area contributed by atoms with Gasteiger partial charge in [-0.15, -0.1) is 0 Å². The van der Waals surface area contributed by atoms with Crippen LogP contribution in [0.25, 0.3) is 0 Å². The molecule has 6 heteroatoms. The van der Waals surface area contributed by atoms with E-state index in [4.69, 9.17) is 9.47 Å². The number of benzene rings is 3. The maximum atomic E-state index is 11.6. The minimum atomic E-state index is -0.328. The number of anilines is 2. The van der Waals surface area contributed by atoms with Crippen molar-refractivity contribution in [2.75, 3.05) is 43.1 Å². The Morgan fingerprint density at radius 2 is 1.53 bits per heavy atom. The van der Waals surface area contributed by atoms with Gasteiger partial charge >= 0.3 is 5.97 Å². The third-order valence-electron chi connectivity index (χ3n) is 5.62. The lowest BCUT2D eigenvalue weighted by Crippen LogP contribution is -2.46. The molecule has 1 fully saturated rings. The van der Waals surface area contributed by atoms with Gasteiger partial charge in [0.15, 0.2) is 0 Å². The summed E-state index contributed by atoms with van der Waals surface area (Å²) in [6, 6.07) is 25.5. The van der Waals surface area contributed by atoms with Crippen LogP contribution < -0.4 is 14.5 Å². The van der Waals surface area contributed by atoms with Crippen molar-refractivity contribution in [1.82, 2.24) is 0 Å². The molecule has 0 radical (unpaired) electrons. The van der Waals surface area contributed by atoms with Gasteiger partial charge in [0.2, 0.25) is 0 Å². The van der Waals surface area contributed by atoms with Crippen LogP contribution in [-0.2, 0) is 11.3 Å². The van der Waals surface area contributed by atoms with E-state index in [9.17, 15) is 10.1 Å². The van der Waals surface area contributed by atoms with Gasteiger partial charge in [-0.25, -0.2) is 4.79 Å². The molecule has 0 spiro atoms. The second-order valence-electron chi connectivity index (χ2n) is 7.58. The molecule has 0 aromatic heterocycles. The zero-order valence-electron chi connectivity index (χ0n) is 18.0.